The van der Waals surface area contributed by atoms with Crippen molar-refractivity contribution in [3.8, 4) is 5.75 Å². The molecule has 1 heterocycles. The smallest absolute Gasteiger partial charge is 0.124 e. The van der Waals surface area contributed by atoms with Crippen LogP contribution in [0.5, 0.6) is 5.75 Å². The summed E-state index contributed by atoms with van der Waals surface area (Å²) in [7, 11) is 1.66. The lowest BCUT2D eigenvalue weighted by Gasteiger charge is -2.18. The molecule has 1 aromatic carbocycles. The van der Waals surface area contributed by atoms with Gasteiger partial charge in [-0.05, 0) is 43.9 Å². The molecule has 0 unspecified atom stereocenters. The number of rotatable bonds is 2. The highest BCUT2D eigenvalue weighted by Gasteiger charge is 2.20. The van der Waals surface area contributed by atoms with E-state index in [1.54, 1.807) is 7.11 Å². The largest absolute Gasteiger partial charge is 0.493 e. The van der Waals surface area contributed by atoms with Gasteiger partial charge in [-0.25, -0.2) is 0 Å². The summed E-state index contributed by atoms with van der Waals surface area (Å²) in [6.45, 7) is 5.03. The molecule has 1 N–H and O–H groups in total. The van der Waals surface area contributed by atoms with Gasteiger partial charge < -0.3 is 9.57 Å². The van der Waals surface area contributed by atoms with E-state index in [1.807, 2.05) is 0 Å². The van der Waals surface area contributed by atoms with Gasteiger partial charge in [0, 0.05) is 5.56 Å². The predicted octanol–water partition coefficient (Wildman–Crippen LogP) is 2.67. The molecular formula is C13H19NO2. The van der Waals surface area contributed by atoms with Gasteiger partial charge in [0.25, 0.3) is 0 Å². The molecule has 1 aliphatic rings. The second-order valence-corrected chi connectivity index (χ2v) is 4.34. The zero-order valence-electron chi connectivity index (χ0n) is 10.2. The Morgan fingerprint density at radius 1 is 1.31 bits per heavy atom. The number of fused-ring (bicyclic) bond motifs is 1. The van der Waals surface area contributed by atoms with Gasteiger partial charge in [0.15, 0.2) is 0 Å². The Balaban J connectivity index is 2.39. The summed E-state index contributed by atoms with van der Waals surface area (Å²) in [5, 5.41) is 0. The van der Waals surface area contributed by atoms with Gasteiger partial charge in [-0.1, -0.05) is 6.07 Å². The van der Waals surface area contributed by atoms with E-state index in [1.165, 1.54) is 16.7 Å². The summed E-state index contributed by atoms with van der Waals surface area (Å²) in [5.74, 6) is 0.996. The maximum atomic E-state index is 5.77. The molecule has 1 aliphatic heterocycles. The number of hydrogen-bond acceptors (Lipinski definition) is 3. The van der Waals surface area contributed by atoms with Gasteiger partial charge in [0.1, 0.15) is 5.75 Å². The molecule has 2 rings (SSSR count). The molecule has 3 heteroatoms. The van der Waals surface area contributed by atoms with Crippen molar-refractivity contribution in [2.75, 3.05) is 13.7 Å². The average Bonchev–Trinajstić information content (AvgIpc) is 2.44. The van der Waals surface area contributed by atoms with Crippen molar-refractivity contribution >= 4 is 0 Å². The molecule has 16 heavy (non-hydrogen) atoms. The minimum Gasteiger partial charge on any atom is -0.493 e. The second kappa shape index (κ2) is 4.85. The number of nitrogens with one attached hydrogen (secondary N) is 1. The molecule has 1 aromatic rings. The van der Waals surface area contributed by atoms with Crippen molar-refractivity contribution in [3.05, 3.63) is 28.8 Å². The molecule has 0 fully saturated rings. The van der Waals surface area contributed by atoms with E-state index >= 15 is 0 Å². The molecule has 0 aromatic heterocycles. The van der Waals surface area contributed by atoms with E-state index in [0.29, 0.717) is 0 Å². The maximum absolute atomic E-state index is 5.77. The third-order valence-electron chi connectivity index (χ3n) is 3.16. The van der Waals surface area contributed by atoms with E-state index in [2.05, 4.69) is 31.5 Å². The fourth-order valence-electron chi connectivity index (χ4n) is 2.10. The van der Waals surface area contributed by atoms with Crippen LogP contribution < -0.4 is 10.2 Å². The second-order valence-electron chi connectivity index (χ2n) is 4.34. The first-order valence-corrected chi connectivity index (χ1v) is 5.75. The molecule has 3 nitrogen and oxygen atoms in total. The van der Waals surface area contributed by atoms with Gasteiger partial charge >= 0.3 is 0 Å². The van der Waals surface area contributed by atoms with Gasteiger partial charge in [-0.2, -0.15) is 5.48 Å². The molecule has 88 valence electrons. The number of hydrogen-bond donors (Lipinski definition) is 1. The first-order valence-electron chi connectivity index (χ1n) is 5.75. The minimum absolute atomic E-state index is 0.238. The fourth-order valence-corrected chi connectivity index (χ4v) is 2.10. The van der Waals surface area contributed by atoms with Gasteiger partial charge in [-0.15, -0.1) is 0 Å². The summed E-state index contributed by atoms with van der Waals surface area (Å²) >= 11 is 0. The van der Waals surface area contributed by atoms with E-state index in [4.69, 9.17) is 9.57 Å². The molecule has 0 aliphatic carbocycles. The standard InChI is InChI=1S/C13H19NO2/c1-9-7-11-12(14-15-3)5-4-6-16-13(11)8-10(9)2/h7-8,12,14H,4-6H2,1-3H3/t12-/m1/s1. The first-order chi connectivity index (χ1) is 7.72. The molecule has 0 amide bonds. The zero-order chi connectivity index (χ0) is 11.5. The Morgan fingerprint density at radius 2 is 2.06 bits per heavy atom. The number of ether oxygens (including phenoxy) is 1. The Kier molecular flexibility index (Phi) is 3.46. The molecule has 0 radical (unpaired) electrons. The van der Waals surface area contributed by atoms with Gasteiger partial charge in [0.05, 0.1) is 19.8 Å². The first kappa shape index (κ1) is 11.4. The summed E-state index contributed by atoms with van der Waals surface area (Å²) in [5.41, 5.74) is 6.83. The molecule has 1 atom stereocenters. The molecule has 0 saturated heterocycles. The lowest BCUT2D eigenvalue weighted by molar-refractivity contribution is 0.0579. The van der Waals surface area contributed by atoms with Crippen molar-refractivity contribution in [3.63, 3.8) is 0 Å². The lowest BCUT2D eigenvalue weighted by atomic mass is 9.98. The van der Waals surface area contributed by atoms with Crippen molar-refractivity contribution in [1.29, 1.82) is 0 Å². The van der Waals surface area contributed by atoms with Crippen molar-refractivity contribution in [1.82, 2.24) is 5.48 Å². The third kappa shape index (κ3) is 2.20. The molecule has 0 saturated carbocycles. The normalized spacial score (nSPS) is 19.8. The van der Waals surface area contributed by atoms with Crippen LogP contribution in [0.25, 0.3) is 0 Å². The van der Waals surface area contributed by atoms with E-state index < -0.39 is 0 Å². The minimum atomic E-state index is 0.238. The van der Waals surface area contributed by atoms with Crippen molar-refractivity contribution in [2.45, 2.75) is 32.7 Å². The third-order valence-corrected chi connectivity index (χ3v) is 3.16. The lowest BCUT2D eigenvalue weighted by Crippen LogP contribution is -2.19. The van der Waals surface area contributed by atoms with E-state index in [9.17, 15) is 0 Å². The van der Waals surface area contributed by atoms with Crippen LogP contribution in [0.2, 0.25) is 0 Å². The summed E-state index contributed by atoms with van der Waals surface area (Å²) < 4.78 is 5.77. The SMILES string of the molecule is CON[C@@H]1CCCOc2cc(C)c(C)cc21. The fraction of sp³-hybridized carbons (Fsp3) is 0.538. The zero-order valence-corrected chi connectivity index (χ0v) is 10.2. The highest BCUT2D eigenvalue weighted by Crippen LogP contribution is 2.33. The van der Waals surface area contributed by atoms with Crippen LogP contribution in [0, 0.1) is 13.8 Å². The van der Waals surface area contributed by atoms with Crippen LogP contribution in [0.15, 0.2) is 12.1 Å². The number of hydroxylamine groups is 1. The summed E-state index contributed by atoms with van der Waals surface area (Å²) in [4.78, 5) is 5.06. The van der Waals surface area contributed by atoms with Crippen molar-refractivity contribution < 1.29 is 9.57 Å². The summed E-state index contributed by atoms with van der Waals surface area (Å²) in [6, 6.07) is 4.56. The van der Waals surface area contributed by atoms with Gasteiger partial charge in [0.2, 0.25) is 0 Å². The summed E-state index contributed by atoms with van der Waals surface area (Å²) in [6.07, 6.45) is 2.09. The predicted molar refractivity (Wildman–Crippen MR) is 63.5 cm³/mol. The maximum Gasteiger partial charge on any atom is 0.124 e. The number of benzene rings is 1. The Labute approximate surface area is 96.7 Å². The van der Waals surface area contributed by atoms with E-state index in [0.717, 1.165) is 25.2 Å². The van der Waals surface area contributed by atoms with Crippen molar-refractivity contribution in [2.24, 2.45) is 0 Å². The van der Waals surface area contributed by atoms with Gasteiger partial charge in [-0.3, -0.25) is 0 Å². The Bertz CT molecular complexity index is 376. The quantitative estimate of drug-likeness (QED) is 0.779. The van der Waals surface area contributed by atoms with Crippen LogP contribution in [0.4, 0.5) is 0 Å². The number of aryl methyl sites for hydroxylation is 2. The van der Waals surface area contributed by atoms with Crippen LogP contribution in [-0.2, 0) is 4.84 Å². The molecule has 0 spiro atoms. The van der Waals surface area contributed by atoms with Crippen LogP contribution >= 0.6 is 0 Å². The average molecular weight is 221 g/mol. The topological polar surface area (TPSA) is 30.5 Å². The van der Waals surface area contributed by atoms with E-state index in [-0.39, 0.29) is 6.04 Å². The van der Waals surface area contributed by atoms with Crippen LogP contribution in [0.1, 0.15) is 35.6 Å². The van der Waals surface area contributed by atoms with Crippen LogP contribution in [0.3, 0.4) is 0 Å². The monoisotopic (exact) mass is 221 g/mol. The highest BCUT2D eigenvalue weighted by molar-refractivity contribution is 5.43. The molecular weight excluding hydrogens is 202 g/mol. The molecule has 0 bridgehead atoms. The Hall–Kier alpha value is -1.06. The highest BCUT2D eigenvalue weighted by atomic mass is 16.6. The Morgan fingerprint density at radius 3 is 2.81 bits per heavy atom. The van der Waals surface area contributed by atoms with Crippen LogP contribution in [-0.4, -0.2) is 13.7 Å².